The van der Waals surface area contributed by atoms with E-state index in [0.29, 0.717) is 55.1 Å². The number of halogens is 3. The van der Waals surface area contributed by atoms with Crippen molar-refractivity contribution < 1.29 is 32.3 Å². The Hall–Kier alpha value is -2.29. The average Bonchev–Trinajstić information content (AvgIpc) is 2.85. The number of rotatable bonds is 6. The van der Waals surface area contributed by atoms with Crippen LogP contribution in [0, 0.1) is 23.2 Å². The maximum atomic E-state index is 13.5. The van der Waals surface area contributed by atoms with E-state index in [1.165, 1.54) is 12.1 Å². The molecule has 0 spiro atoms. The fourth-order valence-electron chi connectivity index (χ4n) is 8.03. The van der Waals surface area contributed by atoms with Gasteiger partial charge in [-0.3, -0.25) is 9.59 Å². The number of nitrogens with one attached hydrogen (secondary N) is 1. The van der Waals surface area contributed by atoms with Crippen molar-refractivity contribution in [3.8, 4) is 0 Å². The zero-order chi connectivity index (χ0) is 25.9. The van der Waals surface area contributed by atoms with Gasteiger partial charge in [0.15, 0.2) is 6.04 Å². The van der Waals surface area contributed by atoms with Gasteiger partial charge in [0.25, 0.3) is 5.91 Å². The van der Waals surface area contributed by atoms with Crippen LogP contribution < -0.4 is 10.2 Å². The maximum Gasteiger partial charge on any atom is 0.416 e. The van der Waals surface area contributed by atoms with Crippen LogP contribution in [0.2, 0.25) is 0 Å². The molecule has 4 bridgehead atoms. The third kappa shape index (κ3) is 4.27. The number of anilines is 1. The van der Waals surface area contributed by atoms with Crippen molar-refractivity contribution in [2.24, 2.45) is 23.2 Å². The summed E-state index contributed by atoms with van der Waals surface area (Å²) < 4.78 is 40.1. The molecule has 5 fully saturated rings. The van der Waals surface area contributed by atoms with Gasteiger partial charge >= 0.3 is 12.1 Å². The van der Waals surface area contributed by atoms with Crippen molar-refractivity contribution in [1.29, 1.82) is 0 Å². The van der Waals surface area contributed by atoms with E-state index in [4.69, 9.17) is 0 Å². The minimum absolute atomic E-state index is 0.0196. The Kier molecular flexibility index (Phi) is 6.29. The summed E-state index contributed by atoms with van der Waals surface area (Å²) in [5.74, 6) is 0.273. The van der Waals surface area contributed by atoms with E-state index in [9.17, 15) is 27.9 Å². The predicted octanol–water partition coefficient (Wildman–Crippen LogP) is 4.15. The lowest BCUT2D eigenvalue weighted by molar-refractivity contribution is -0.939. The van der Waals surface area contributed by atoms with Gasteiger partial charge in [0.05, 0.1) is 43.7 Å². The van der Waals surface area contributed by atoms with Gasteiger partial charge in [0, 0.05) is 11.7 Å². The van der Waals surface area contributed by atoms with Gasteiger partial charge in [-0.25, -0.2) is 0 Å². The number of alkyl halides is 3. The van der Waals surface area contributed by atoms with E-state index in [2.05, 4.69) is 12.2 Å². The van der Waals surface area contributed by atoms with E-state index in [1.807, 2.05) is 11.8 Å². The first-order valence-electron chi connectivity index (χ1n) is 13.3. The first-order valence-corrected chi connectivity index (χ1v) is 13.3. The molecule has 0 aromatic heterocycles. The Balaban J connectivity index is 1.24. The molecule has 2 N–H and O–H groups in total. The number of hydrogen-bond acceptors (Lipinski definition) is 3. The van der Waals surface area contributed by atoms with Gasteiger partial charge in [-0.15, -0.1) is 0 Å². The molecule has 9 heteroatoms. The molecule has 4 saturated carbocycles. The Bertz CT molecular complexity index is 1010. The summed E-state index contributed by atoms with van der Waals surface area (Å²) in [6.07, 6.45) is -0.258. The van der Waals surface area contributed by atoms with Crippen LogP contribution in [0.1, 0.15) is 51.5 Å². The largest absolute Gasteiger partial charge is 0.481 e. The molecule has 5 aliphatic rings. The monoisotopic (exact) mass is 508 g/mol. The number of hydrogen-bond donors (Lipinski definition) is 2. The first kappa shape index (κ1) is 25.4. The van der Waals surface area contributed by atoms with Crippen LogP contribution in [0.4, 0.5) is 18.9 Å². The molecule has 1 aliphatic heterocycles. The standard InChI is InChI=1S/C27H36F3N3O3/c1-3-33(9-7-32(8-10-33)22-6-4-5-21(13-22)27(28,29)30)17(2)24(34)31-23-19-11-18-12-20(23)16-26(14-18,15-19)25(35)36/h4-6,13,17-20,23H,3,7-12,14-16H2,1-2H3,(H-,31,34,35,36)/p+1. The summed E-state index contributed by atoms with van der Waals surface area (Å²) in [7, 11) is 0. The third-order valence-corrected chi connectivity index (χ3v) is 10.0. The Morgan fingerprint density at radius 3 is 2.36 bits per heavy atom. The van der Waals surface area contributed by atoms with Crippen LogP contribution in [0.3, 0.4) is 0 Å². The van der Waals surface area contributed by atoms with Crippen molar-refractivity contribution in [3.05, 3.63) is 29.8 Å². The van der Waals surface area contributed by atoms with Crippen LogP contribution >= 0.6 is 0 Å². The number of carboxylic acid groups (broad SMARTS) is 1. The fraction of sp³-hybridized carbons (Fsp3) is 0.704. The molecule has 36 heavy (non-hydrogen) atoms. The molecule has 1 aromatic carbocycles. The van der Waals surface area contributed by atoms with E-state index < -0.39 is 23.1 Å². The Labute approximate surface area is 210 Å². The number of carbonyl (C=O) groups excluding carboxylic acids is 1. The minimum atomic E-state index is -4.37. The normalized spacial score (nSPS) is 33.9. The lowest BCUT2D eigenvalue weighted by Gasteiger charge is -2.58. The van der Waals surface area contributed by atoms with Gasteiger partial charge < -0.3 is 19.8 Å². The molecular weight excluding hydrogens is 471 g/mol. The molecule has 1 heterocycles. The quantitative estimate of drug-likeness (QED) is 0.567. The van der Waals surface area contributed by atoms with Gasteiger partial charge in [-0.05, 0) is 81.9 Å². The maximum absolute atomic E-state index is 13.5. The molecule has 1 amide bonds. The highest BCUT2D eigenvalue weighted by molar-refractivity contribution is 5.81. The van der Waals surface area contributed by atoms with E-state index >= 15 is 0 Å². The molecule has 3 unspecified atom stereocenters. The highest BCUT2D eigenvalue weighted by Gasteiger charge is 2.59. The second-order valence-electron chi connectivity index (χ2n) is 11.8. The zero-order valence-electron chi connectivity index (χ0n) is 21.1. The number of amides is 1. The smallest absolute Gasteiger partial charge is 0.416 e. The van der Waals surface area contributed by atoms with Crippen LogP contribution in [0.5, 0.6) is 0 Å². The van der Waals surface area contributed by atoms with Crippen molar-refractivity contribution >= 4 is 17.6 Å². The second-order valence-corrected chi connectivity index (χ2v) is 11.8. The highest BCUT2D eigenvalue weighted by atomic mass is 19.4. The van der Waals surface area contributed by atoms with Crippen LogP contribution in [0.25, 0.3) is 0 Å². The Morgan fingerprint density at radius 1 is 1.17 bits per heavy atom. The molecule has 0 radical (unpaired) electrons. The topological polar surface area (TPSA) is 69.6 Å². The summed E-state index contributed by atoms with van der Waals surface area (Å²) in [6, 6.07) is 5.24. The molecule has 3 atom stereocenters. The summed E-state index contributed by atoms with van der Waals surface area (Å²) >= 11 is 0. The van der Waals surface area contributed by atoms with E-state index in [1.54, 1.807) is 6.07 Å². The first-order chi connectivity index (χ1) is 17.0. The molecule has 6 rings (SSSR count). The fourth-order valence-corrected chi connectivity index (χ4v) is 8.03. The summed E-state index contributed by atoms with van der Waals surface area (Å²) in [4.78, 5) is 27.5. The molecule has 6 nitrogen and oxygen atoms in total. The molecule has 1 saturated heterocycles. The highest BCUT2D eigenvalue weighted by Crippen LogP contribution is 2.60. The molecule has 1 aromatic rings. The van der Waals surface area contributed by atoms with Gasteiger partial charge in [-0.1, -0.05) is 6.07 Å². The summed E-state index contributed by atoms with van der Waals surface area (Å²) in [5, 5.41) is 13.2. The lowest BCUT2D eigenvalue weighted by Crippen LogP contribution is -2.68. The van der Waals surface area contributed by atoms with Gasteiger partial charge in [0.1, 0.15) is 0 Å². The summed E-state index contributed by atoms with van der Waals surface area (Å²) in [6.45, 7) is 7.35. The van der Waals surface area contributed by atoms with Crippen molar-refractivity contribution in [2.45, 2.75) is 64.2 Å². The number of aliphatic carboxylic acids is 1. The van der Waals surface area contributed by atoms with E-state index in [-0.39, 0.29) is 29.8 Å². The van der Waals surface area contributed by atoms with Crippen LogP contribution in [-0.4, -0.2) is 66.3 Å². The minimum Gasteiger partial charge on any atom is -0.481 e. The molecule has 4 aliphatic carbocycles. The summed E-state index contributed by atoms with van der Waals surface area (Å²) in [5.41, 5.74) is -0.674. The lowest BCUT2D eigenvalue weighted by atomic mass is 9.48. The number of likely N-dealkylation sites (N-methyl/N-ethyl adjacent to an activating group) is 1. The predicted molar refractivity (Wildman–Crippen MR) is 129 cm³/mol. The number of benzene rings is 1. The van der Waals surface area contributed by atoms with Crippen molar-refractivity contribution in [3.63, 3.8) is 0 Å². The van der Waals surface area contributed by atoms with Crippen molar-refractivity contribution in [2.75, 3.05) is 37.6 Å². The second kappa shape index (κ2) is 8.92. The van der Waals surface area contributed by atoms with Crippen molar-refractivity contribution in [1.82, 2.24) is 5.32 Å². The Morgan fingerprint density at radius 2 is 1.81 bits per heavy atom. The SMILES string of the molecule is CC[N+]1(C(C)C(=O)NC2C3CC4CC2CC(C(=O)O)(C4)C3)CCN(c2cccc(C(F)(F)F)c2)CC1. The molecular formula is C27H37F3N3O3+. The number of carbonyl (C=O) groups is 2. The number of nitrogens with zero attached hydrogens (tertiary/aromatic N) is 2. The molecule has 198 valence electrons. The number of carboxylic acids is 1. The van der Waals surface area contributed by atoms with E-state index in [0.717, 1.165) is 31.9 Å². The van der Waals surface area contributed by atoms with Crippen LogP contribution in [0.15, 0.2) is 24.3 Å². The zero-order valence-corrected chi connectivity index (χ0v) is 21.1. The van der Waals surface area contributed by atoms with Crippen LogP contribution in [-0.2, 0) is 15.8 Å². The number of piperazine rings is 1. The van der Waals surface area contributed by atoms with Gasteiger partial charge in [-0.2, -0.15) is 13.2 Å². The van der Waals surface area contributed by atoms with Gasteiger partial charge in [0.2, 0.25) is 0 Å². The average molecular weight is 509 g/mol. The third-order valence-electron chi connectivity index (χ3n) is 10.0. The number of quaternary nitrogens is 1.